The van der Waals surface area contributed by atoms with Crippen molar-refractivity contribution in [3.05, 3.63) is 39.5 Å². The molecule has 82 valence electrons. The van der Waals surface area contributed by atoms with Gasteiger partial charge in [0.2, 0.25) is 0 Å². The molecule has 2 aromatic rings. The molecule has 2 rings (SSSR count). The first-order chi connectivity index (χ1) is 7.61. The number of carboxylic acid groups (broad SMARTS) is 1. The van der Waals surface area contributed by atoms with Crippen LogP contribution in [-0.4, -0.2) is 16.2 Å². The van der Waals surface area contributed by atoms with Gasteiger partial charge in [-0.05, 0) is 23.6 Å². The number of rotatable bonds is 2. The molecule has 1 aromatic heterocycles. The molecule has 2 N–H and O–H groups in total. The summed E-state index contributed by atoms with van der Waals surface area (Å²) in [5, 5.41) is 20.7. The summed E-state index contributed by atoms with van der Waals surface area (Å²) in [4.78, 5) is 11.1. The number of benzene rings is 1. The van der Waals surface area contributed by atoms with Crippen LogP contribution in [0.5, 0.6) is 5.75 Å². The van der Waals surface area contributed by atoms with Gasteiger partial charge in [-0.2, -0.15) is 0 Å². The molecule has 0 spiro atoms. The number of carboxylic acids is 1. The van der Waals surface area contributed by atoms with Gasteiger partial charge in [0.15, 0.2) is 0 Å². The predicted molar refractivity (Wildman–Crippen MR) is 63.4 cm³/mol. The molecule has 0 radical (unpaired) electrons. The minimum atomic E-state index is -1.02. The van der Waals surface area contributed by atoms with E-state index < -0.39 is 5.97 Å². The molecule has 0 saturated heterocycles. The topological polar surface area (TPSA) is 57.5 Å². The van der Waals surface area contributed by atoms with E-state index >= 15 is 0 Å². The van der Waals surface area contributed by atoms with Crippen LogP contribution in [0.3, 0.4) is 0 Å². The van der Waals surface area contributed by atoms with Crippen LogP contribution in [0.15, 0.2) is 29.6 Å². The van der Waals surface area contributed by atoms with Gasteiger partial charge in [0, 0.05) is 11.1 Å². The Morgan fingerprint density at radius 3 is 2.69 bits per heavy atom. The average Bonchev–Trinajstić information content (AvgIpc) is 2.66. The number of aromatic carboxylic acids is 1. The molecule has 16 heavy (non-hydrogen) atoms. The SMILES string of the molecule is O=C(O)c1sccc1-c1c(O)cccc1Cl. The van der Waals surface area contributed by atoms with E-state index in [0.717, 1.165) is 11.3 Å². The van der Waals surface area contributed by atoms with E-state index in [1.807, 2.05) is 0 Å². The Hall–Kier alpha value is -1.52. The minimum absolute atomic E-state index is 0.0200. The van der Waals surface area contributed by atoms with Gasteiger partial charge in [-0.1, -0.05) is 17.7 Å². The molecule has 0 atom stereocenters. The Labute approximate surface area is 101 Å². The van der Waals surface area contributed by atoms with E-state index in [9.17, 15) is 9.90 Å². The van der Waals surface area contributed by atoms with Gasteiger partial charge >= 0.3 is 5.97 Å². The number of phenolic OH excluding ortho intramolecular Hbond substituents is 1. The van der Waals surface area contributed by atoms with Crippen molar-refractivity contribution in [1.82, 2.24) is 0 Å². The Morgan fingerprint density at radius 2 is 2.06 bits per heavy atom. The maximum Gasteiger partial charge on any atom is 0.346 e. The Balaban J connectivity index is 2.68. The third-order valence-electron chi connectivity index (χ3n) is 2.12. The van der Waals surface area contributed by atoms with Crippen LogP contribution in [0, 0.1) is 0 Å². The highest BCUT2D eigenvalue weighted by molar-refractivity contribution is 7.12. The third-order valence-corrected chi connectivity index (χ3v) is 3.34. The molecule has 1 heterocycles. The quantitative estimate of drug-likeness (QED) is 0.863. The molecule has 0 aliphatic carbocycles. The average molecular weight is 255 g/mol. The number of thiophene rings is 1. The first kappa shape index (κ1) is 11.0. The van der Waals surface area contributed by atoms with Crippen molar-refractivity contribution in [3.63, 3.8) is 0 Å². The number of carbonyl (C=O) groups is 1. The van der Waals surface area contributed by atoms with Crippen LogP contribution in [0.1, 0.15) is 9.67 Å². The number of halogens is 1. The fraction of sp³-hybridized carbons (Fsp3) is 0. The van der Waals surface area contributed by atoms with Crippen LogP contribution in [0.25, 0.3) is 11.1 Å². The zero-order valence-electron chi connectivity index (χ0n) is 7.98. The van der Waals surface area contributed by atoms with Gasteiger partial charge in [-0.15, -0.1) is 11.3 Å². The van der Waals surface area contributed by atoms with Crippen molar-refractivity contribution in [2.75, 3.05) is 0 Å². The molecule has 0 aliphatic heterocycles. The number of hydrogen-bond acceptors (Lipinski definition) is 3. The van der Waals surface area contributed by atoms with E-state index in [1.165, 1.54) is 6.07 Å². The van der Waals surface area contributed by atoms with Crippen molar-refractivity contribution < 1.29 is 15.0 Å². The van der Waals surface area contributed by atoms with Crippen LogP contribution in [-0.2, 0) is 0 Å². The minimum Gasteiger partial charge on any atom is -0.507 e. The fourth-order valence-corrected chi connectivity index (χ4v) is 2.46. The normalized spacial score (nSPS) is 10.3. The summed E-state index contributed by atoms with van der Waals surface area (Å²) in [6.45, 7) is 0. The second kappa shape index (κ2) is 4.15. The summed E-state index contributed by atoms with van der Waals surface area (Å²) in [6.07, 6.45) is 0. The molecule has 0 bridgehead atoms. The van der Waals surface area contributed by atoms with Gasteiger partial charge < -0.3 is 10.2 Å². The molecule has 0 unspecified atom stereocenters. The first-order valence-corrected chi connectivity index (χ1v) is 5.65. The standard InChI is InChI=1S/C11H7ClO3S/c12-7-2-1-3-8(13)9(7)6-4-5-16-10(6)11(14)15/h1-5,13H,(H,14,15). The lowest BCUT2D eigenvalue weighted by Gasteiger charge is -2.06. The lowest BCUT2D eigenvalue weighted by atomic mass is 10.1. The second-order valence-electron chi connectivity index (χ2n) is 3.10. The molecule has 0 amide bonds. The van der Waals surface area contributed by atoms with Crippen LogP contribution in [0.2, 0.25) is 5.02 Å². The smallest absolute Gasteiger partial charge is 0.346 e. The van der Waals surface area contributed by atoms with Gasteiger partial charge in [-0.3, -0.25) is 0 Å². The van der Waals surface area contributed by atoms with E-state index in [0.29, 0.717) is 16.1 Å². The van der Waals surface area contributed by atoms with Crippen molar-refractivity contribution in [2.24, 2.45) is 0 Å². The van der Waals surface area contributed by atoms with Crippen LogP contribution >= 0.6 is 22.9 Å². The summed E-state index contributed by atoms with van der Waals surface area (Å²) in [7, 11) is 0. The van der Waals surface area contributed by atoms with E-state index in [2.05, 4.69) is 0 Å². The maximum absolute atomic E-state index is 11.0. The second-order valence-corrected chi connectivity index (χ2v) is 4.43. The molecule has 3 nitrogen and oxygen atoms in total. The highest BCUT2D eigenvalue weighted by atomic mass is 35.5. The molecule has 0 fully saturated rings. The predicted octanol–water partition coefficient (Wildman–Crippen LogP) is 3.47. The fourth-order valence-electron chi connectivity index (χ4n) is 1.45. The molecule has 0 saturated carbocycles. The number of aromatic hydroxyl groups is 1. The summed E-state index contributed by atoms with van der Waals surface area (Å²) in [6, 6.07) is 6.33. The van der Waals surface area contributed by atoms with Crippen molar-refractivity contribution in [2.45, 2.75) is 0 Å². The maximum atomic E-state index is 11.0. The largest absolute Gasteiger partial charge is 0.507 e. The van der Waals surface area contributed by atoms with Gasteiger partial charge in [0.05, 0.1) is 5.02 Å². The molecule has 0 aliphatic rings. The zero-order valence-corrected chi connectivity index (χ0v) is 9.55. The summed E-state index contributed by atoms with van der Waals surface area (Å²) in [5.74, 6) is -1.04. The Morgan fingerprint density at radius 1 is 1.31 bits per heavy atom. The number of phenols is 1. The van der Waals surface area contributed by atoms with Gasteiger partial charge in [-0.25, -0.2) is 4.79 Å². The van der Waals surface area contributed by atoms with Crippen molar-refractivity contribution in [1.29, 1.82) is 0 Å². The zero-order chi connectivity index (χ0) is 11.7. The number of hydrogen-bond donors (Lipinski definition) is 2. The Kier molecular flexibility index (Phi) is 2.85. The van der Waals surface area contributed by atoms with Crippen LogP contribution in [0.4, 0.5) is 0 Å². The lowest BCUT2D eigenvalue weighted by Crippen LogP contribution is -1.94. The lowest BCUT2D eigenvalue weighted by molar-refractivity contribution is 0.0703. The molecular weight excluding hydrogens is 248 g/mol. The molecule has 1 aromatic carbocycles. The van der Waals surface area contributed by atoms with Gasteiger partial charge in [0.1, 0.15) is 10.6 Å². The monoisotopic (exact) mass is 254 g/mol. The Bertz CT molecular complexity index is 528. The van der Waals surface area contributed by atoms with Crippen LogP contribution < -0.4 is 0 Å². The summed E-state index contributed by atoms with van der Waals surface area (Å²) < 4.78 is 0. The summed E-state index contributed by atoms with van der Waals surface area (Å²) >= 11 is 7.05. The highest BCUT2D eigenvalue weighted by Crippen LogP contribution is 2.39. The first-order valence-electron chi connectivity index (χ1n) is 4.40. The molecule has 5 heteroatoms. The summed E-state index contributed by atoms with van der Waals surface area (Å²) in [5.41, 5.74) is 0.809. The van der Waals surface area contributed by atoms with E-state index in [1.54, 1.807) is 23.6 Å². The van der Waals surface area contributed by atoms with Gasteiger partial charge in [0.25, 0.3) is 0 Å². The third kappa shape index (κ3) is 1.77. The molecular formula is C11H7ClO3S. The van der Waals surface area contributed by atoms with E-state index in [-0.39, 0.29) is 10.6 Å². The van der Waals surface area contributed by atoms with Crippen molar-refractivity contribution >= 4 is 28.9 Å². The van der Waals surface area contributed by atoms with E-state index in [4.69, 9.17) is 16.7 Å². The highest BCUT2D eigenvalue weighted by Gasteiger charge is 2.18. The van der Waals surface area contributed by atoms with Crippen molar-refractivity contribution in [3.8, 4) is 16.9 Å².